The van der Waals surface area contributed by atoms with E-state index in [1.807, 2.05) is 39.9 Å². The molecule has 1 aliphatic heterocycles. The fourth-order valence-corrected chi connectivity index (χ4v) is 3.87. The second kappa shape index (κ2) is 7.69. The van der Waals surface area contributed by atoms with Gasteiger partial charge >= 0.3 is 0 Å². The summed E-state index contributed by atoms with van der Waals surface area (Å²) < 4.78 is 3.30. The number of carbonyl (C=O) groups is 2. The molecule has 0 N–H and O–H groups in total. The van der Waals surface area contributed by atoms with Crippen LogP contribution in [0, 0.1) is 0 Å². The minimum atomic E-state index is -0.0510. The van der Waals surface area contributed by atoms with Crippen molar-refractivity contribution in [1.82, 2.24) is 39.8 Å². The zero-order valence-corrected chi connectivity index (χ0v) is 16.5. The Labute approximate surface area is 173 Å². The average molecular weight is 406 g/mol. The molecule has 2 fully saturated rings. The van der Waals surface area contributed by atoms with E-state index in [2.05, 4.69) is 20.6 Å². The molecule has 154 valence electrons. The van der Waals surface area contributed by atoms with Gasteiger partial charge in [0.25, 0.3) is 5.91 Å². The number of benzene rings is 1. The van der Waals surface area contributed by atoms with E-state index in [-0.39, 0.29) is 18.4 Å². The van der Waals surface area contributed by atoms with Crippen molar-refractivity contribution in [2.75, 3.05) is 26.2 Å². The Hall–Kier alpha value is -3.56. The quantitative estimate of drug-likeness (QED) is 0.619. The number of piperazine rings is 1. The Kier molecular flexibility index (Phi) is 4.74. The van der Waals surface area contributed by atoms with Crippen molar-refractivity contribution in [3.8, 4) is 5.69 Å². The first-order valence-electron chi connectivity index (χ1n) is 10.1. The van der Waals surface area contributed by atoms with Gasteiger partial charge in [-0.3, -0.25) is 9.59 Å². The number of nitrogens with zero attached hydrogens (tertiary/aromatic N) is 8. The third kappa shape index (κ3) is 3.56. The fraction of sp³-hybridized carbons (Fsp3) is 0.400. The molecule has 3 aromatic rings. The Morgan fingerprint density at radius 3 is 2.40 bits per heavy atom. The number of para-hydroxylation sites is 1. The number of rotatable bonds is 5. The van der Waals surface area contributed by atoms with Crippen LogP contribution in [-0.4, -0.2) is 77.8 Å². The molecule has 1 aliphatic carbocycles. The number of hydrogen-bond donors (Lipinski definition) is 0. The minimum absolute atomic E-state index is 0.00773. The Morgan fingerprint density at radius 2 is 1.73 bits per heavy atom. The monoisotopic (exact) mass is 406 g/mol. The van der Waals surface area contributed by atoms with Crippen LogP contribution in [0.1, 0.15) is 34.8 Å². The largest absolute Gasteiger partial charge is 0.338 e. The molecule has 30 heavy (non-hydrogen) atoms. The summed E-state index contributed by atoms with van der Waals surface area (Å²) in [5.74, 6) is 0.322. The van der Waals surface area contributed by atoms with Gasteiger partial charge in [0.1, 0.15) is 12.9 Å². The van der Waals surface area contributed by atoms with Crippen LogP contribution in [0.15, 0.2) is 42.9 Å². The Morgan fingerprint density at radius 1 is 1.00 bits per heavy atom. The Bertz CT molecular complexity index is 1030. The number of carbonyl (C=O) groups excluding carboxylic acids is 2. The first-order chi connectivity index (χ1) is 14.7. The second-order valence-corrected chi connectivity index (χ2v) is 7.65. The van der Waals surface area contributed by atoms with Gasteiger partial charge < -0.3 is 9.80 Å². The molecule has 0 radical (unpaired) electrons. The summed E-state index contributed by atoms with van der Waals surface area (Å²) in [5.41, 5.74) is 2.65. The first-order valence-corrected chi connectivity index (χ1v) is 10.1. The molecule has 0 spiro atoms. The summed E-state index contributed by atoms with van der Waals surface area (Å²) in [6, 6.07) is 9.92. The van der Waals surface area contributed by atoms with Crippen molar-refractivity contribution in [2.24, 2.45) is 0 Å². The van der Waals surface area contributed by atoms with Gasteiger partial charge in [-0.15, -0.1) is 5.10 Å². The molecule has 5 rings (SSSR count). The average Bonchev–Trinajstić information content (AvgIpc) is 3.31. The molecule has 2 aromatic heterocycles. The van der Waals surface area contributed by atoms with Crippen LogP contribution in [0.3, 0.4) is 0 Å². The third-order valence-corrected chi connectivity index (χ3v) is 5.61. The van der Waals surface area contributed by atoms with E-state index in [1.165, 1.54) is 11.0 Å². The summed E-state index contributed by atoms with van der Waals surface area (Å²) in [7, 11) is 0. The van der Waals surface area contributed by atoms with Gasteiger partial charge in [-0.2, -0.15) is 5.10 Å². The van der Waals surface area contributed by atoms with Gasteiger partial charge in [0.15, 0.2) is 0 Å². The van der Waals surface area contributed by atoms with Crippen LogP contribution in [0.2, 0.25) is 0 Å². The van der Waals surface area contributed by atoms with Crippen molar-refractivity contribution in [3.63, 3.8) is 0 Å². The summed E-state index contributed by atoms with van der Waals surface area (Å²) in [6.07, 6.45) is 5.27. The van der Waals surface area contributed by atoms with E-state index >= 15 is 0 Å². The summed E-state index contributed by atoms with van der Waals surface area (Å²) in [6.45, 7) is 2.11. The SMILES string of the molecule is O=C(Cn1cnnn1)N1CCN(C(=O)c2cnn(-c3ccccc3)c2C2CC2)CC1. The summed E-state index contributed by atoms with van der Waals surface area (Å²) in [4.78, 5) is 29.3. The molecule has 0 bridgehead atoms. The van der Waals surface area contributed by atoms with E-state index < -0.39 is 0 Å². The molecule has 1 saturated heterocycles. The maximum absolute atomic E-state index is 13.3. The molecule has 2 aliphatic rings. The lowest BCUT2D eigenvalue weighted by atomic mass is 10.1. The zero-order chi connectivity index (χ0) is 20.5. The van der Waals surface area contributed by atoms with Crippen LogP contribution in [0.5, 0.6) is 0 Å². The molecule has 1 saturated carbocycles. The van der Waals surface area contributed by atoms with Gasteiger partial charge in [-0.1, -0.05) is 18.2 Å². The second-order valence-electron chi connectivity index (χ2n) is 7.65. The van der Waals surface area contributed by atoms with Gasteiger partial charge in [0, 0.05) is 32.1 Å². The lowest BCUT2D eigenvalue weighted by Gasteiger charge is -2.34. The van der Waals surface area contributed by atoms with Crippen LogP contribution < -0.4 is 0 Å². The number of aromatic nitrogens is 6. The lowest BCUT2D eigenvalue weighted by Crippen LogP contribution is -2.51. The topological polar surface area (TPSA) is 102 Å². The number of amides is 2. The highest BCUT2D eigenvalue weighted by Gasteiger charge is 2.35. The minimum Gasteiger partial charge on any atom is -0.338 e. The van der Waals surface area contributed by atoms with Gasteiger partial charge in [0.2, 0.25) is 5.91 Å². The van der Waals surface area contributed by atoms with Crippen molar-refractivity contribution in [1.29, 1.82) is 0 Å². The van der Waals surface area contributed by atoms with E-state index in [1.54, 1.807) is 11.1 Å². The standard InChI is InChI=1S/C20H22N8O2/c29-18(13-27-14-21-23-24-27)25-8-10-26(11-9-25)20(30)17-12-22-28(19(17)15-6-7-15)16-4-2-1-3-5-16/h1-5,12,14-15H,6-11,13H2. The molecule has 1 aromatic carbocycles. The van der Waals surface area contributed by atoms with E-state index in [4.69, 9.17) is 0 Å². The van der Waals surface area contributed by atoms with Gasteiger partial charge in [-0.05, 0) is 35.4 Å². The molecule has 0 unspecified atom stereocenters. The summed E-state index contributed by atoms with van der Waals surface area (Å²) in [5, 5.41) is 15.3. The highest BCUT2D eigenvalue weighted by Crippen LogP contribution is 2.42. The summed E-state index contributed by atoms with van der Waals surface area (Å²) >= 11 is 0. The van der Waals surface area contributed by atoms with Crippen molar-refractivity contribution in [2.45, 2.75) is 25.3 Å². The molecule has 0 atom stereocenters. The van der Waals surface area contributed by atoms with E-state index in [9.17, 15) is 9.59 Å². The van der Waals surface area contributed by atoms with E-state index in [0.29, 0.717) is 37.7 Å². The highest BCUT2D eigenvalue weighted by atomic mass is 16.2. The molecular weight excluding hydrogens is 384 g/mol. The number of tetrazole rings is 1. The molecule has 3 heterocycles. The van der Waals surface area contributed by atoms with Crippen LogP contribution >= 0.6 is 0 Å². The van der Waals surface area contributed by atoms with Crippen LogP contribution in [-0.2, 0) is 11.3 Å². The fourth-order valence-electron chi connectivity index (χ4n) is 3.87. The molecule has 10 heteroatoms. The van der Waals surface area contributed by atoms with Crippen LogP contribution in [0.4, 0.5) is 0 Å². The number of hydrogen-bond acceptors (Lipinski definition) is 6. The van der Waals surface area contributed by atoms with Gasteiger partial charge in [-0.25, -0.2) is 9.36 Å². The predicted octanol–water partition coefficient (Wildman–Crippen LogP) is 0.721. The highest BCUT2D eigenvalue weighted by molar-refractivity contribution is 5.95. The third-order valence-electron chi connectivity index (χ3n) is 5.61. The van der Waals surface area contributed by atoms with Crippen molar-refractivity contribution in [3.05, 3.63) is 54.1 Å². The van der Waals surface area contributed by atoms with Gasteiger partial charge in [0.05, 0.1) is 23.1 Å². The first kappa shape index (κ1) is 18.5. The predicted molar refractivity (Wildman–Crippen MR) is 106 cm³/mol. The van der Waals surface area contributed by atoms with Crippen LogP contribution in [0.25, 0.3) is 5.69 Å². The zero-order valence-electron chi connectivity index (χ0n) is 16.5. The smallest absolute Gasteiger partial charge is 0.257 e. The van der Waals surface area contributed by atoms with Crippen molar-refractivity contribution < 1.29 is 9.59 Å². The molecule has 10 nitrogen and oxygen atoms in total. The molecule has 2 amide bonds. The lowest BCUT2D eigenvalue weighted by molar-refractivity contribution is -0.133. The van der Waals surface area contributed by atoms with Crippen molar-refractivity contribution >= 4 is 11.8 Å². The van der Waals surface area contributed by atoms with E-state index in [0.717, 1.165) is 24.2 Å². The maximum atomic E-state index is 13.3. The Balaban J connectivity index is 1.28. The molecular formula is C20H22N8O2. The normalized spacial score (nSPS) is 16.7. The maximum Gasteiger partial charge on any atom is 0.257 e.